The number of nitro groups is 1. The molecule has 0 saturated heterocycles. The Kier molecular flexibility index (Phi) is 16.2. The van der Waals surface area contributed by atoms with Crippen LogP contribution in [0.5, 0.6) is 5.75 Å². The number of esters is 2. The Morgan fingerprint density at radius 3 is 2.50 bits per heavy atom. The highest BCUT2D eigenvalue weighted by molar-refractivity contribution is 6.00. The molecule has 2 aromatic rings. The average molecular weight is 699 g/mol. The quantitative estimate of drug-likeness (QED) is 0.0518. The monoisotopic (exact) mass is 698 g/mol. The molecule has 1 aliphatic rings. The van der Waals surface area contributed by atoms with Crippen LogP contribution in [0.1, 0.15) is 43.7 Å². The molecule has 0 bridgehead atoms. The van der Waals surface area contributed by atoms with E-state index in [4.69, 9.17) is 23.7 Å². The van der Waals surface area contributed by atoms with Gasteiger partial charge in [0.15, 0.2) is 0 Å². The van der Waals surface area contributed by atoms with Crippen LogP contribution in [0.15, 0.2) is 71.1 Å². The predicted octanol–water partition coefficient (Wildman–Crippen LogP) is 3.27. The highest BCUT2D eigenvalue weighted by Gasteiger charge is 2.39. The maximum atomic E-state index is 13.3. The molecule has 50 heavy (non-hydrogen) atoms. The highest BCUT2D eigenvalue weighted by Crippen LogP contribution is 2.40. The fourth-order valence-electron chi connectivity index (χ4n) is 5.43. The van der Waals surface area contributed by atoms with E-state index in [0.717, 1.165) is 17.7 Å². The molecule has 2 unspecified atom stereocenters. The van der Waals surface area contributed by atoms with Gasteiger partial charge in [-0.3, -0.25) is 10.1 Å². The van der Waals surface area contributed by atoms with Crippen molar-refractivity contribution in [3.63, 3.8) is 0 Å². The molecule has 0 aromatic heterocycles. The van der Waals surface area contributed by atoms with Gasteiger partial charge in [0, 0.05) is 37.3 Å². The number of aliphatic hydroxyl groups is 1. The molecule has 0 fully saturated rings. The second kappa shape index (κ2) is 20.5. The number of hydrogen-bond donors (Lipinski definition) is 4. The lowest BCUT2D eigenvalue weighted by Gasteiger charge is -2.31. The number of alkyl carbamates (subject to hydrolysis) is 1. The summed E-state index contributed by atoms with van der Waals surface area (Å²) in [6, 6.07) is 13.2. The number of amides is 1. The molecule has 15 nitrogen and oxygen atoms in total. The molecule has 15 heteroatoms. The Hall–Kier alpha value is -4.99. The van der Waals surface area contributed by atoms with Gasteiger partial charge >= 0.3 is 18.0 Å². The number of rotatable bonds is 20. The summed E-state index contributed by atoms with van der Waals surface area (Å²) in [5.41, 5.74) is 1.87. The fourth-order valence-corrected chi connectivity index (χ4v) is 5.43. The number of non-ortho nitro benzene ring substituents is 1. The molecule has 2 atom stereocenters. The zero-order valence-corrected chi connectivity index (χ0v) is 28.8. The van der Waals surface area contributed by atoms with Crippen LogP contribution in [0.25, 0.3) is 0 Å². The smallest absolute Gasteiger partial charge is 0.407 e. The van der Waals surface area contributed by atoms with Crippen molar-refractivity contribution in [2.24, 2.45) is 0 Å². The molecule has 4 N–H and O–H groups in total. The lowest BCUT2D eigenvalue weighted by Crippen LogP contribution is -2.35. The SMILES string of the molecule is CCOC(=O)C1=C(COCCNC(=O)OCCCCNCC(O)Cc2ccccc2OC)NC(C)=C(C(=O)OC)C1c1cccc([N+](=O)[O-])c1. The maximum absolute atomic E-state index is 13.3. The van der Waals surface area contributed by atoms with Crippen molar-refractivity contribution in [1.29, 1.82) is 0 Å². The number of nitrogens with zero attached hydrogens (tertiary/aromatic N) is 1. The Balaban J connectivity index is 1.47. The number of methoxy groups -OCH3 is 2. The number of benzene rings is 2. The molecule has 272 valence electrons. The van der Waals surface area contributed by atoms with Crippen LogP contribution >= 0.6 is 0 Å². The number of aliphatic hydroxyl groups excluding tert-OH is 1. The number of ether oxygens (including phenoxy) is 5. The highest BCUT2D eigenvalue weighted by atomic mass is 16.6. The molecule has 0 spiro atoms. The van der Waals surface area contributed by atoms with Crippen LogP contribution in [0.3, 0.4) is 0 Å². The van der Waals surface area contributed by atoms with Gasteiger partial charge in [-0.05, 0) is 50.4 Å². The molecule has 2 aromatic carbocycles. The van der Waals surface area contributed by atoms with Gasteiger partial charge in [-0.15, -0.1) is 0 Å². The van der Waals surface area contributed by atoms with Crippen molar-refractivity contribution in [2.45, 2.75) is 45.1 Å². The largest absolute Gasteiger partial charge is 0.496 e. The molecule has 1 heterocycles. The molecule has 0 saturated carbocycles. The van der Waals surface area contributed by atoms with Crippen LogP contribution in [-0.4, -0.2) is 94.4 Å². The third-order valence-electron chi connectivity index (χ3n) is 7.73. The summed E-state index contributed by atoms with van der Waals surface area (Å²) in [6.45, 7) is 4.64. The van der Waals surface area contributed by atoms with E-state index in [2.05, 4.69) is 16.0 Å². The Labute approximate surface area is 291 Å². The number of nitrogens with one attached hydrogen (secondary N) is 3. The summed E-state index contributed by atoms with van der Waals surface area (Å²) in [5, 5.41) is 30.7. The van der Waals surface area contributed by atoms with Gasteiger partial charge < -0.3 is 44.7 Å². The lowest BCUT2D eigenvalue weighted by molar-refractivity contribution is -0.384. The van der Waals surface area contributed by atoms with E-state index in [-0.39, 0.29) is 49.8 Å². The Bertz CT molecular complexity index is 1540. The van der Waals surface area contributed by atoms with Gasteiger partial charge in [0.1, 0.15) is 5.75 Å². The zero-order chi connectivity index (χ0) is 36.5. The van der Waals surface area contributed by atoms with Crippen LogP contribution in [0.2, 0.25) is 0 Å². The van der Waals surface area contributed by atoms with E-state index < -0.39 is 35.0 Å². The maximum Gasteiger partial charge on any atom is 0.407 e. The topological polar surface area (TPSA) is 197 Å². The van der Waals surface area contributed by atoms with Crippen molar-refractivity contribution in [1.82, 2.24) is 16.0 Å². The predicted molar refractivity (Wildman–Crippen MR) is 182 cm³/mol. The first-order chi connectivity index (χ1) is 24.1. The number of hydrogen-bond acceptors (Lipinski definition) is 13. The van der Waals surface area contributed by atoms with Crippen molar-refractivity contribution < 1.29 is 48.1 Å². The average Bonchev–Trinajstić information content (AvgIpc) is 3.10. The van der Waals surface area contributed by atoms with Crippen LogP contribution in [0.4, 0.5) is 10.5 Å². The number of carbonyl (C=O) groups excluding carboxylic acids is 3. The molecule has 3 rings (SSSR count). The van der Waals surface area contributed by atoms with Crippen molar-refractivity contribution in [2.75, 3.05) is 60.3 Å². The number of unbranched alkanes of at least 4 members (excludes halogenated alkanes) is 1. The van der Waals surface area contributed by atoms with Gasteiger partial charge in [0.2, 0.25) is 0 Å². The fraction of sp³-hybridized carbons (Fsp3) is 0.457. The summed E-state index contributed by atoms with van der Waals surface area (Å²) in [5.74, 6) is -1.74. The number of carbonyl (C=O) groups is 3. The number of allylic oxidation sites excluding steroid dienone is 1. The lowest BCUT2D eigenvalue weighted by atomic mass is 9.80. The summed E-state index contributed by atoms with van der Waals surface area (Å²) in [6.07, 6.45) is 0.666. The van der Waals surface area contributed by atoms with E-state index >= 15 is 0 Å². The third kappa shape index (κ3) is 11.6. The Morgan fingerprint density at radius 1 is 1.00 bits per heavy atom. The number of nitro benzene ring substituents is 1. The van der Waals surface area contributed by atoms with Gasteiger partial charge in [-0.1, -0.05) is 30.3 Å². The van der Waals surface area contributed by atoms with Gasteiger partial charge in [-0.2, -0.15) is 0 Å². The Morgan fingerprint density at radius 2 is 1.78 bits per heavy atom. The first-order valence-corrected chi connectivity index (χ1v) is 16.3. The first-order valence-electron chi connectivity index (χ1n) is 16.3. The van der Waals surface area contributed by atoms with Crippen molar-refractivity contribution in [3.8, 4) is 5.75 Å². The molecule has 1 amide bonds. The normalized spacial score (nSPS) is 14.8. The second-order valence-corrected chi connectivity index (χ2v) is 11.2. The van der Waals surface area contributed by atoms with Crippen LogP contribution in [-0.2, 0) is 35.0 Å². The molecule has 0 aliphatic carbocycles. The zero-order valence-electron chi connectivity index (χ0n) is 28.8. The summed E-state index contributed by atoms with van der Waals surface area (Å²) >= 11 is 0. The second-order valence-electron chi connectivity index (χ2n) is 11.2. The van der Waals surface area contributed by atoms with Crippen LogP contribution < -0.4 is 20.7 Å². The molecular formula is C35H46N4O11. The molecule has 0 radical (unpaired) electrons. The van der Waals surface area contributed by atoms with Crippen LogP contribution in [0, 0.1) is 10.1 Å². The van der Waals surface area contributed by atoms with Gasteiger partial charge in [0.05, 0.1) is 74.4 Å². The standard InChI is InChI=1S/C35H46N4O11/c1-5-49-34(42)32-28(38-23(2)30(33(41)47-4)31(32)25-12-10-13-26(19-25)39(44)45)22-48-18-16-37-35(43)50-17-9-8-15-36-21-27(40)20-24-11-6-7-14-29(24)46-3/h6-7,10-14,19,27,31,36,38,40H,5,8-9,15-18,20-22H2,1-4H3,(H,37,43). The van der Waals surface area contributed by atoms with Gasteiger partial charge in [-0.25, -0.2) is 14.4 Å². The van der Waals surface area contributed by atoms with E-state index in [0.29, 0.717) is 42.9 Å². The minimum atomic E-state index is -1.03. The van der Waals surface area contributed by atoms with Gasteiger partial charge in [0.25, 0.3) is 5.69 Å². The minimum Gasteiger partial charge on any atom is -0.496 e. The summed E-state index contributed by atoms with van der Waals surface area (Å²) < 4.78 is 26.6. The number of para-hydroxylation sites is 1. The first kappa shape index (κ1) is 39.4. The summed E-state index contributed by atoms with van der Waals surface area (Å²) in [7, 11) is 2.80. The summed E-state index contributed by atoms with van der Waals surface area (Å²) in [4.78, 5) is 49.3. The molecular weight excluding hydrogens is 652 g/mol. The third-order valence-corrected chi connectivity index (χ3v) is 7.73. The van der Waals surface area contributed by atoms with E-state index in [1.54, 1.807) is 27.0 Å². The molecule has 1 aliphatic heterocycles. The van der Waals surface area contributed by atoms with E-state index in [1.165, 1.54) is 25.3 Å². The number of dihydropyridines is 1. The van der Waals surface area contributed by atoms with Crippen molar-refractivity contribution in [3.05, 3.63) is 92.3 Å². The van der Waals surface area contributed by atoms with E-state index in [9.17, 15) is 29.6 Å². The van der Waals surface area contributed by atoms with E-state index in [1.807, 2.05) is 24.3 Å². The van der Waals surface area contributed by atoms with Crippen molar-refractivity contribution >= 4 is 23.7 Å². The minimum absolute atomic E-state index is 0.0464.